The molecule has 1 aliphatic rings. The molecule has 2 aromatic heterocycles. The molecule has 7 nitrogen and oxygen atoms in total. The Morgan fingerprint density at radius 1 is 1.29 bits per heavy atom. The van der Waals surface area contributed by atoms with Crippen molar-refractivity contribution < 1.29 is 0 Å². The smallest absolute Gasteiger partial charge is 0.257 e. The van der Waals surface area contributed by atoms with Gasteiger partial charge in [-0.3, -0.25) is 0 Å². The number of aromatic nitrogens is 5. The third-order valence-corrected chi connectivity index (χ3v) is 3.68. The highest BCUT2D eigenvalue weighted by Gasteiger charge is 2.46. The standard InChI is InChI=1S/C14H21N7/c1-4-6-15-11-18-12(17-10-9-14(10,2)3)20-13(19-11)21-8-5-7-16-21/h5,7-8,10H,4,6,9H2,1-3H3,(H2,15,17,18,19,20). The van der Waals surface area contributed by atoms with E-state index in [1.54, 1.807) is 10.9 Å². The van der Waals surface area contributed by atoms with Gasteiger partial charge in [0.05, 0.1) is 0 Å². The molecule has 3 rings (SSSR count). The summed E-state index contributed by atoms with van der Waals surface area (Å²) < 4.78 is 1.64. The highest BCUT2D eigenvalue weighted by Crippen LogP contribution is 2.46. The van der Waals surface area contributed by atoms with Gasteiger partial charge in [-0.2, -0.15) is 20.1 Å². The highest BCUT2D eigenvalue weighted by atomic mass is 15.4. The predicted octanol–water partition coefficient (Wildman–Crippen LogP) is 2.09. The normalized spacial score (nSPS) is 19.3. The Labute approximate surface area is 124 Å². The van der Waals surface area contributed by atoms with Crippen LogP contribution in [-0.2, 0) is 0 Å². The molecule has 1 atom stereocenters. The minimum Gasteiger partial charge on any atom is -0.354 e. The van der Waals surface area contributed by atoms with E-state index in [4.69, 9.17) is 0 Å². The maximum atomic E-state index is 4.46. The monoisotopic (exact) mass is 287 g/mol. The number of hydrogen-bond donors (Lipinski definition) is 2. The third kappa shape index (κ3) is 3.12. The largest absolute Gasteiger partial charge is 0.354 e. The Morgan fingerprint density at radius 3 is 2.67 bits per heavy atom. The van der Waals surface area contributed by atoms with Gasteiger partial charge in [0, 0.05) is 25.0 Å². The average Bonchev–Trinajstić information content (AvgIpc) is 2.89. The lowest BCUT2D eigenvalue weighted by Crippen LogP contribution is -2.16. The van der Waals surface area contributed by atoms with E-state index in [9.17, 15) is 0 Å². The van der Waals surface area contributed by atoms with Crippen molar-refractivity contribution in [3.05, 3.63) is 18.5 Å². The molecule has 1 fully saturated rings. The molecule has 2 heterocycles. The number of rotatable bonds is 6. The topological polar surface area (TPSA) is 80.5 Å². The van der Waals surface area contributed by atoms with Crippen LogP contribution in [0.15, 0.2) is 18.5 Å². The van der Waals surface area contributed by atoms with Gasteiger partial charge >= 0.3 is 0 Å². The number of nitrogens with zero attached hydrogens (tertiary/aromatic N) is 5. The molecule has 0 radical (unpaired) electrons. The average molecular weight is 287 g/mol. The van der Waals surface area contributed by atoms with Crippen LogP contribution in [0.1, 0.15) is 33.6 Å². The van der Waals surface area contributed by atoms with E-state index < -0.39 is 0 Å². The summed E-state index contributed by atoms with van der Waals surface area (Å²) in [6.07, 6.45) is 5.68. The third-order valence-electron chi connectivity index (χ3n) is 3.68. The van der Waals surface area contributed by atoms with Crippen molar-refractivity contribution in [3.8, 4) is 5.95 Å². The summed E-state index contributed by atoms with van der Waals surface area (Å²) in [4.78, 5) is 13.3. The van der Waals surface area contributed by atoms with Crippen molar-refractivity contribution in [3.63, 3.8) is 0 Å². The summed E-state index contributed by atoms with van der Waals surface area (Å²) in [6, 6.07) is 2.27. The van der Waals surface area contributed by atoms with Crippen molar-refractivity contribution >= 4 is 11.9 Å². The fourth-order valence-corrected chi connectivity index (χ4v) is 2.10. The summed E-state index contributed by atoms with van der Waals surface area (Å²) in [7, 11) is 0. The Bertz CT molecular complexity index is 606. The number of anilines is 2. The molecule has 112 valence electrons. The molecule has 7 heteroatoms. The molecule has 21 heavy (non-hydrogen) atoms. The van der Waals surface area contributed by atoms with Gasteiger partial charge < -0.3 is 10.6 Å². The zero-order chi connectivity index (χ0) is 14.9. The van der Waals surface area contributed by atoms with Gasteiger partial charge in [0.2, 0.25) is 11.9 Å². The lowest BCUT2D eigenvalue weighted by Gasteiger charge is -2.10. The fourth-order valence-electron chi connectivity index (χ4n) is 2.10. The minimum atomic E-state index is 0.315. The maximum Gasteiger partial charge on any atom is 0.257 e. The number of nitrogens with one attached hydrogen (secondary N) is 2. The molecule has 1 aliphatic carbocycles. The first-order valence-corrected chi connectivity index (χ1v) is 7.35. The summed E-state index contributed by atoms with van der Waals surface area (Å²) in [5.41, 5.74) is 0.315. The van der Waals surface area contributed by atoms with Crippen molar-refractivity contribution in [2.75, 3.05) is 17.2 Å². The van der Waals surface area contributed by atoms with Crippen LogP contribution in [0, 0.1) is 5.41 Å². The summed E-state index contributed by atoms with van der Waals surface area (Å²) in [5, 5.41) is 10.8. The summed E-state index contributed by atoms with van der Waals surface area (Å²) >= 11 is 0. The summed E-state index contributed by atoms with van der Waals surface area (Å²) in [6.45, 7) is 7.40. The van der Waals surface area contributed by atoms with Crippen LogP contribution in [0.25, 0.3) is 5.95 Å². The van der Waals surface area contributed by atoms with Crippen LogP contribution in [0.5, 0.6) is 0 Å². The Kier molecular flexibility index (Phi) is 3.48. The molecular weight excluding hydrogens is 266 g/mol. The van der Waals surface area contributed by atoms with Crippen LogP contribution in [-0.4, -0.2) is 37.3 Å². The second kappa shape index (κ2) is 5.31. The molecule has 2 N–H and O–H groups in total. The van der Waals surface area contributed by atoms with E-state index in [2.05, 4.69) is 51.5 Å². The van der Waals surface area contributed by atoms with Crippen molar-refractivity contribution in [1.82, 2.24) is 24.7 Å². The quantitative estimate of drug-likeness (QED) is 0.846. The molecule has 1 saturated carbocycles. The Balaban J connectivity index is 1.86. The molecule has 0 aromatic carbocycles. The second-order valence-electron chi connectivity index (χ2n) is 6.05. The zero-order valence-corrected chi connectivity index (χ0v) is 12.7. The van der Waals surface area contributed by atoms with Gasteiger partial charge in [-0.1, -0.05) is 20.8 Å². The van der Waals surface area contributed by atoms with Crippen molar-refractivity contribution in [2.45, 2.75) is 39.7 Å². The van der Waals surface area contributed by atoms with Crippen LogP contribution < -0.4 is 10.6 Å². The zero-order valence-electron chi connectivity index (χ0n) is 12.7. The van der Waals surface area contributed by atoms with E-state index >= 15 is 0 Å². The van der Waals surface area contributed by atoms with E-state index in [0.29, 0.717) is 29.3 Å². The van der Waals surface area contributed by atoms with Gasteiger partial charge in [-0.25, -0.2) is 4.68 Å². The molecular formula is C14H21N7. The second-order valence-corrected chi connectivity index (χ2v) is 6.05. The maximum absolute atomic E-state index is 4.46. The van der Waals surface area contributed by atoms with Gasteiger partial charge in [0.15, 0.2) is 0 Å². The van der Waals surface area contributed by atoms with Gasteiger partial charge in [-0.15, -0.1) is 0 Å². The molecule has 0 amide bonds. The highest BCUT2D eigenvalue weighted by molar-refractivity contribution is 5.40. The first-order valence-electron chi connectivity index (χ1n) is 7.35. The van der Waals surface area contributed by atoms with Crippen LogP contribution in [0.2, 0.25) is 0 Å². The predicted molar refractivity (Wildman–Crippen MR) is 81.5 cm³/mol. The van der Waals surface area contributed by atoms with Crippen LogP contribution >= 0.6 is 0 Å². The van der Waals surface area contributed by atoms with Crippen LogP contribution in [0.4, 0.5) is 11.9 Å². The minimum absolute atomic E-state index is 0.315. The van der Waals surface area contributed by atoms with Gasteiger partial charge in [-0.05, 0) is 24.3 Å². The molecule has 0 bridgehead atoms. The van der Waals surface area contributed by atoms with E-state index in [1.165, 1.54) is 0 Å². The molecule has 0 saturated heterocycles. The lowest BCUT2D eigenvalue weighted by atomic mass is 10.2. The van der Waals surface area contributed by atoms with Crippen LogP contribution in [0.3, 0.4) is 0 Å². The first kappa shape index (κ1) is 13.8. The Morgan fingerprint density at radius 2 is 2.05 bits per heavy atom. The lowest BCUT2D eigenvalue weighted by molar-refractivity contribution is 0.628. The van der Waals surface area contributed by atoms with Crippen molar-refractivity contribution in [1.29, 1.82) is 0 Å². The number of hydrogen-bond acceptors (Lipinski definition) is 6. The first-order chi connectivity index (χ1) is 10.1. The molecule has 0 aliphatic heterocycles. The SMILES string of the molecule is CCCNc1nc(NC2CC2(C)C)nc(-n2cccn2)n1. The fraction of sp³-hybridized carbons (Fsp3) is 0.571. The summed E-state index contributed by atoms with van der Waals surface area (Å²) in [5.74, 6) is 1.71. The van der Waals surface area contributed by atoms with E-state index in [1.807, 2.05) is 12.3 Å². The molecule has 1 unspecified atom stereocenters. The molecule has 0 spiro atoms. The van der Waals surface area contributed by atoms with Crippen molar-refractivity contribution in [2.24, 2.45) is 5.41 Å². The van der Waals surface area contributed by atoms with E-state index in [0.717, 1.165) is 19.4 Å². The molecule has 2 aromatic rings. The van der Waals surface area contributed by atoms with Gasteiger partial charge in [0.1, 0.15) is 0 Å². The van der Waals surface area contributed by atoms with E-state index in [-0.39, 0.29) is 0 Å². The Hall–Kier alpha value is -2.18. The van der Waals surface area contributed by atoms with Gasteiger partial charge in [0.25, 0.3) is 5.95 Å².